The Morgan fingerprint density at radius 1 is 1.22 bits per heavy atom. The third-order valence-corrected chi connectivity index (χ3v) is 3.66. The third kappa shape index (κ3) is 5.58. The van der Waals surface area contributed by atoms with Crippen LogP contribution in [0, 0.1) is 0 Å². The summed E-state index contributed by atoms with van der Waals surface area (Å²) in [6.45, 7) is 2.27. The highest BCUT2D eigenvalue weighted by molar-refractivity contribution is 6.30. The molecule has 2 aromatic carbocycles. The van der Waals surface area contributed by atoms with E-state index in [-0.39, 0.29) is 18.4 Å². The van der Waals surface area contributed by atoms with Crippen molar-refractivity contribution in [3.05, 3.63) is 59.1 Å². The van der Waals surface area contributed by atoms with Gasteiger partial charge in [-0.2, -0.15) is 0 Å². The van der Waals surface area contributed by atoms with Gasteiger partial charge >= 0.3 is 0 Å². The number of carbonyl (C=O) groups excluding carboxylic acids is 1. The van der Waals surface area contributed by atoms with E-state index in [1.807, 2.05) is 31.2 Å². The van der Waals surface area contributed by atoms with Crippen LogP contribution in [0.15, 0.2) is 48.5 Å². The molecule has 1 amide bonds. The van der Waals surface area contributed by atoms with E-state index in [0.717, 1.165) is 11.3 Å². The summed E-state index contributed by atoms with van der Waals surface area (Å²) in [5.74, 6) is 0.597. The van der Waals surface area contributed by atoms with Gasteiger partial charge in [0, 0.05) is 17.8 Å². The van der Waals surface area contributed by atoms with E-state index in [4.69, 9.17) is 21.1 Å². The van der Waals surface area contributed by atoms with E-state index in [9.17, 15) is 4.79 Å². The summed E-state index contributed by atoms with van der Waals surface area (Å²) in [7, 11) is 1.66. The van der Waals surface area contributed by atoms with Crippen LogP contribution in [-0.4, -0.2) is 19.6 Å². The molecule has 0 saturated heterocycles. The van der Waals surface area contributed by atoms with E-state index < -0.39 is 0 Å². The fraction of sp³-hybridized carbons (Fsp3) is 0.278. The first-order chi connectivity index (χ1) is 11.1. The maximum Gasteiger partial charge on any atom is 0.227 e. The van der Waals surface area contributed by atoms with Crippen LogP contribution in [0.5, 0.6) is 5.75 Å². The molecule has 2 rings (SSSR count). The number of rotatable bonds is 7. The molecular weight excluding hydrogens is 314 g/mol. The number of ether oxygens (including phenoxy) is 2. The van der Waals surface area contributed by atoms with Crippen LogP contribution in [0.4, 0.5) is 5.69 Å². The van der Waals surface area contributed by atoms with Gasteiger partial charge in [0.05, 0.1) is 19.1 Å². The van der Waals surface area contributed by atoms with Crippen molar-refractivity contribution in [3.63, 3.8) is 0 Å². The number of methoxy groups -OCH3 is 1. The van der Waals surface area contributed by atoms with E-state index in [1.54, 1.807) is 31.4 Å². The summed E-state index contributed by atoms with van der Waals surface area (Å²) in [6, 6.07) is 14.7. The predicted octanol–water partition coefficient (Wildman–Crippen LogP) is 4.46. The summed E-state index contributed by atoms with van der Waals surface area (Å²) < 4.78 is 10.8. The van der Waals surface area contributed by atoms with Gasteiger partial charge in [0.1, 0.15) is 5.75 Å². The largest absolute Gasteiger partial charge is 0.493 e. The molecule has 0 aliphatic carbocycles. The van der Waals surface area contributed by atoms with Crippen molar-refractivity contribution in [2.24, 2.45) is 0 Å². The highest BCUT2D eigenvalue weighted by Crippen LogP contribution is 2.20. The summed E-state index contributed by atoms with van der Waals surface area (Å²) in [5.41, 5.74) is 1.77. The molecule has 0 fully saturated rings. The zero-order valence-corrected chi connectivity index (χ0v) is 14.0. The van der Waals surface area contributed by atoms with Crippen molar-refractivity contribution in [2.75, 3.05) is 19.0 Å². The fourth-order valence-electron chi connectivity index (χ4n) is 2.02. The lowest BCUT2D eigenvalue weighted by atomic mass is 10.1. The molecular formula is C18H20ClNO3. The van der Waals surface area contributed by atoms with Crippen molar-refractivity contribution < 1.29 is 14.3 Å². The Balaban J connectivity index is 1.81. The second kappa shape index (κ2) is 8.56. The molecule has 0 saturated carbocycles. The Bertz CT molecular complexity index is 643. The average Bonchev–Trinajstić information content (AvgIpc) is 2.56. The second-order valence-corrected chi connectivity index (χ2v) is 5.54. The van der Waals surface area contributed by atoms with Crippen LogP contribution >= 0.6 is 11.6 Å². The highest BCUT2D eigenvalue weighted by atomic mass is 35.5. The van der Waals surface area contributed by atoms with Crippen LogP contribution in [0.1, 0.15) is 25.0 Å². The third-order valence-electron chi connectivity index (χ3n) is 3.40. The number of carbonyl (C=O) groups is 1. The number of halogens is 1. The van der Waals surface area contributed by atoms with Crippen molar-refractivity contribution >= 4 is 23.2 Å². The summed E-state index contributed by atoms with van der Waals surface area (Å²) in [5, 5.41) is 3.51. The van der Waals surface area contributed by atoms with Crippen LogP contribution in [0.2, 0.25) is 5.02 Å². The molecule has 1 unspecified atom stereocenters. The molecule has 0 spiro atoms. The number of nitrogens with one attached hydrogen (secondary N) is 1. The molecule has 0 bridgehead atoms. The number of hydrogen-bond donors (Lipinski definition) is 1. The van der Waals surface area contributed by atoms with Crippen LogP contribution in [-0.2, 0) is 9.53 Å². The van der Waals surface area contributed by atoms with Gasteiger partial charge in [-0.1, -0.05) is 23.7 Å². The molecule has 4 nitrogen and oxygen atoms in total. The predicted molar refractivity (Wildman–Crippen MR) is 92.1 cm³/mol. The van der Waals surface area contributed by atoms with Crippen molar-refractivity contribution in [1.29, 1.82) is 0 Å². The topological polar surface area (TPSA) is 47.6 Å². The maximum absolute atomic E-state index is 12.0. The van der Waals surface area contributed by atoms with Crippen LogP contribution < -0.4 is 10.1 Å². The standard InChI is InChI=1S/C18H20ClNO3/c1-13(22-2)14-4-3-5-16(12-14)20-18(21)10-11-23-17-8-6-15(19)7-9-17/h3-9,12-13H,10-11H2,1-2H3,(H,20,21). The molecule has 2 aromatic rings. The van der Waals surface area contributed by atoms with E-state index in [0.29, 0.717) is 17.4 Å². The molecule has 0 radical (unpaired) electrons. The molecule has 0 aliphatic heterocycles. The summed E-state index contributed by atoms with van der Waals surface area (Å²) in [6.07, 6.45) is 0.257. The lowest BCUT2D eigenvalue weighted by Crippen LogP contribution is -2.15. The average molecular weight is 334 g/mol. The second-order valence-electron chi connectivity index (χ2n) is 5.10. The van der Waals surface area contributed by atoms with Crippen molar-refractivity contribution in [1.82, 2.24) is 0 Å². The summed E-state index contributed by atoms with van der Waals surface area (Å²) in [4.78, 5) is 12.0. The van der Waals surface area contributed by atoms with Crippen LogP contribution in [0.3, 0.4) is 0 Å². The Hall–Kier alpha value is -2.04. The zero-order chi connectivity index (χ0) is 16.7. The Kier molecular flexibility index (Phi) is 6.44. The lowest BCUT2D eigenvalue weighted by molar-refractivity contribution is -0.116. The number of benzene rings is 2. The number of amides is 1. The number of anilines is 1. The molecule has 5 heteroatoms. The van der Waals surface area contributed by atoms with Gasteiger partial charge < -0.3 is 14.8 Å². The summed E-state index contributed by atoms with van der Waals surface area (Å²) >= 11 is 5.80. The Morgan fingerprint density at radius 2 is 1.96 bits per heavy atom. The van der Waals surface area contributed by atoms with Gasteiger partial charge in [-0.05, 0) is 48.9 Å². The van der Waals surface area contributed by atoms with E-state index in [1.165, 1.54) is 0 Å². The molecule has 0 aromatic heterocycles. The lowest BCUT2D eigenvalue weighted by Gasteiger charge is -2.12. The van der Waals surface area contributed by atoms with Gasteiger partial charge in [-0.15, -0.1) is 0 Å². The zero-order valence-electron chi connectivity index (χ0n) is 13.2. The quantitative estimate of drug-likeness (QED) is 0.814. The van der Waals surface area contributed by atoms with E-state index >= 15 is 0 Å². The highest BCUT2D eigenvalue weighted by Gasteiger charge is 2.07. The number of hydrogen-bond acceptors (Lipinski definition) is 3. The Labute approximate surface area is 141 Å². The van der Waals surface area contributed by atoms with Gasteiger partial charge in [0.15, 0.2) is 0 Å². The molecule has 0 heterocycles. The van der Waals surface area contributed by atoms with Crippen molar-refractivity contribution in [3.8, 4) is 5.75 Å². The van der Waals surface area contributed by atoms with Crippen molar-refractivity contribution in [2.45, 2.75) is 19.4 Å². The minimum absolute atomic E-state index is 0.0138. The molecule has 1 N–H and O–H groups in total. The fourth-order valence-corrected chi connectivity index (χ4v) is 2.15. The first-order valence-corrected chi connectivity index (χ1v) is 7.77. The molecule has 23 heavy (non-hydrogen) atoms. The van der Waals surface area contributed by atoms with Crippen LogP contribution in [0.25, 0.3) is 0 Å². The van der Waals surface area contributed by atoms with Gasteiger partial charge in [-0.25, -0.2) is 0 Å². The first-order valence-electron chi connectivity index (χ1n) is 7.39. The molecule has 1 atom stereocenters. The first kappa shape index (κ1) is 17.3. The smallest absolute Gasteiger partial charge is 0.227 e. The SMILES string of the molecule is COC(C)c1cccc(NC(=O)CCOc2ccc(Cl)cc2)c1. The van der Waals surface area contributed by atoms with Gasteiger partial charge in [-0.3, -0.25) is 4.79 Å². The van der Waals surface area contributed by atoms with E-state index in [2.05, 4.69) is 5.32 Å². The van der Waals surface area contributed by atoms with Gasteiger partial charge in [0.2, 0.25) is 5.91 Å². The normalized spacial score (nSPS) is 11.8. The van der Waals surface area contributed by atoms with Gasteiger partial charge in [0.25, 0.3) is 0 Å². The minimum atomic E-state index is -0.0961. The molecule has 122 valence electrons. The molecule has 0 aliphatic rings. The maximum atomic E-state index is 12.0. The minimum Gasteiger partial charge on any atom is -0.493 e. The Morgan fingerprint density at radius 3 is 2.65 bits per heavy atom. The monoisotopic (exact) mass is 333 g/mol.